The van der Waals surface area contributed by atoms with Crippen LogP contribution in [-0.4, -0.2) is 29.4 Å². The number of benzene rings is 1. The minimum absolute atomic E-state index is 0.00523. The second-order valence-corrected chi connectivity index (χ2v) is 5.11. The average Bonchev–Trinajstić information content (AvgIpc) is 2.46. The summed E-state index contributed by atoms with van der Waals surface area (Å²) < 4.78 is 10.1. The summed E-state index contributed by atoms with van der Waals surface area (Å²) >= 11 is 0. The van der Waals surface area contributed by atoms with E-state index in [4.69, 9.17) is 4.74 Å². The number of hydrogen-bond donors (Lipinski definition) is 2. The van der Waals surface area contributed by atoms with E-state index in [1.807, 2.05) is 6.92 Å². The van der Waals surface area contributed by atoms with Crippen LogP contribution in [0.5, 0.6) is 17.2 Å². The monoisotopic (exact) mass is 296 g/mol. The second-order valence-electron chi connectivity index (χ2n) is 5.11. The van der Waals surface area contributed by atoms with E-state index in [0.717, 1.165) is 19.3 Å². The Labute approximate surface area is 125 Å². The van der Waals surface area contributed by atoms with Gasteiger partial charge in [-0.15, -0.1) is 0 Å². The molecule has 0 fully saturated rings. The average molecular weight is 296 g/mol. The van der Waals surface area contributed by atoms with Gasteiger partial charge in [0.25, 0.3) is 0 Å². The molecule has 0 radical (unpaired) electrons. The van der Waals surface area contributed by atoms with Gasteiger partial charge in [-0.2, -0.15) is 0 Å². The number of methoxy groups -OCH3 is 1. The van der Waals surface area contributed by atoms with Gasteiger partial charge in [0.15, 0.2) is 11.5 Å². The SMILES string of the molecule is CCCCCCC(C)Oc1c(O)cc(C(=O)OC)cc1O. The van der Waals surface area contributed by atoms with Gasteiger partial charge in [0, 0.05) is 0 Å². The summed E-state index contributed by atoms with van der Waals surface area (Å²) in [5.74, 6) is -1.16. The fraction of sp³-hybridized carbons (Fsp3) is 0.562. The molecule has 0 amide bonds. The van der Waals surface area contributed by atoms with Crippen molar-refractivity contribution >= 4 is 5.97 Å². The summed E-state index contributed by atoms with van der Waals surface area (Å²) in [5.41, 5.74) is 0.0791. The van der Waals surface area contributed by atoms with Crippen LogP contribution >= 0.6 is 0 Å². The Bertz CT molecular complexity index is 447. The predicted octanol–water partition coefficient (Wildman–Crippen LogP) is 3.62. The lowest BCUT2D eigenvalue weighted by Crippen LogP contribution is -2.12. The highest BCUT2D eigenvalue weighted by Gasteiger charge is 2.17. The Morgan fingerprint density at radius 2 is 1.81 bits per heavy atom. The molecule has 118 valence electrons. The first-order valence-electron chi connectivity index (χ1n) is 7.30. The van der Waals surface area contributed by atoms with E-state index in [2.05, 4.69) is 11.7 Å². The number of rotatable bonds is 8. The van der Waals surface area contributed by atoms with Crippen molar-refractivity contribution in [2.75, 3.05) is 7.11 Å². The number of phenolic OH excluding ortho intramolecular Hbond substituents is 2. The second kappa shape index (κ2) is 8.39. The van der Waals surface area contributed by atoms with E-state index in [1.165, 1.54) is 32.1 Å². The normalized spacial score (nSPS) is 12.0. The lowest BCUT2D eigenvalue weighted by Gasteiger charge is -2.17. The van der Waals surface area contributed by atoms with E-state index < -0.39 is 5.97 Å². The Balaban J connectivity index is 2.68. The van der Waals surface area contributed by atoms with Crippen molar-refractivity contribution in [2.24, 2.45) is 0 Å². The van der Waals surface area contributed by atoms with Gasteiger partial charge in [-0.05, 0) is 31.9 Å². The molecular weight excluding hydrogens is 272 g/mol. The predicted molar refractivity (Wildman–Crippen MR) is 80.0 cm³/mol. The summed E-state index contributed by atoms with van der Waals surface area (Å²) in [7, 11) is 1.24. The van der Waals surface area contributed by atoms with E-state index in [9.17, 15) is 15.0 Å². The smallest absolute Gasteiger partial charge is 0.338 e. The quantitative estimate of drug-likeness (QED) is 0.566. The standard InChI is InChI=1S/C16H24O5/c1-4-5-6-7-8-11(2)21-15-13(17)9-12(10-14(15)18)16(19)20-3/h9-11,17-18H,4-8H2,1-3H3. The zero-order chi connectivity index (χ0) is 15.8. The molecule has 0 spiro atoms. The third-order valence-corrected chi connectivity index (χ3v) is 3.25. The first-order chi connectivity index (χ1) is 9.99. The van der Waals surface area contributed by atoms with Crippen molar-refractivity contribution < 1.29 is 24.5 Å². The van der Waals surface area contributed by atoms with E-state index in [0.29, 0.717) is 0 Å². The highest BCUT2D eigenvalue weighted by Crippen LogP contribution is 2.38. The summed E-state index contributed by atoms with van der Waals surface area (Å²) in [5, 5.41) is 19.8. The van der Waals surface area contributed by atoms with E-state index in [1.54, 1.807) is 0 Å². The van der Waals surface area contributed by atoms with Gasteiger partial charge < -0.3 is 19.7 Å². The van der Waals surface area contributed by atoms with Crippen molar-refractivity contribution in [2.45, 2.75) is 52.1 Å². The molecule has 0 heterocycles. The highest BCUT2D eigenvalue weighted by molar-refractivity contribution is 5.91. The molecule has 21 heavy (non-hydrogen) atoms. The first kappa shape index (κ1) is 17.1. The van der Waals surface area contributed by atoms with Crippen molar-refractivity contribution in [3.05, 3.63) is 17.7 Å². The molecule has 1 rings (SSSR count). The van der Waals surface area contributed by atoms with Crippen molar-refractivity contribution in [3.8, 4) is 17.2 Å². The van der Waals surface area contributed by atoms with Crippen LogP contribution in [0.3, 0.4) is 0 Å². The third-order valence-electron chi connectivity index (χ3n) is 3.25. The van der Waals surface area contributed by atoms with Gasteiger partial charge in [0.1, 0.15) is 0 Å². The van der Waals surface area contributed by atoms with Crippen LogP contribution in [-0.2, 0) is 4.74 Å². The third kappa shape index (κ3) is 5.17. The van der Waals surface area contributed by atoms with Crippen LogP contribution in [0.4, 0.5) is 0 Å². The lowest BCUT2D eigenvalue weighted by atomic mass is 10.1. The number of phenols is 2. The molecule has 1 aromatic rings. The Morgan fingerprint density at radius 3 is 2.33 bits per heavy atom. The van der Waals surface area contributed by atoms with Gasteiger partial charge in [-0.25, -0.2) is 4.79 Å². The van der Waals surface area contributed by atoms with Crippen LogP contribution < -0.4 is 4.74 Å². The molecule has 0 bridgehead atoms. The van der Waals surface area contributed by atoms with Crippen LogP contribution in [0, 0.1) is 0 Å². The summed E-state index contributed by atoms with van der Waals surface area (Å²) in [4.78, 5) is 11.4. The Hall–Kier alpha value is -1.91. The molecule has 0 saturated carbocycles. The molecule has 2 N–H and O–H groups in total. The summed E-state index contributed by atoms with van der Waals surface area (Å²) in [6.45, 7) is 4.04. The minimum atomic E-state index is -0.625. The molecule has 0 aliphatic carbocycles. The number of carbonyl (C=O) groups excluding carboxylic acids is 1. The highest BCUT2D eigenvalue weighted by atomic mass is 16.5. The zero-order valence-corrected chi connectivity index (χ0v) is 12.9. The molecule has 5 nitrogen and oxygen atoms in total. The van der Waals surface area contributed by atoms with Crippen LogP contribution in [0.25, 0.3) is 0 Å². The molecule has 5 heteroatoms. The largest absolute Gasteiger partial charge is 0.504 e. The molecule has 1 aromatic carbocycles. The van der Waals surface area contributed by atoms with E-state index in [-0.39, 0.29) is 28.9 Å². The maximum atomic E-state index is 11.4. The topological polar surface area (TPSA) is 76.0 Å². The van der Waals surface area contributed by atoms with Crippen molar-refractivity contribution in [1.29, 1.82) is 0 Å². The molecular formula is C16H24O5. The van der Waals surface area contributed by atoms with Crippen molar-refractivity contribution in [3.63, 3.8) is 0 Å². The molecule has 0 saturated heterocycles. The molecule has 1 atom stereocenters. The van der Waals surface area contributed by atoms with Crippen LogP contribution in [0.1, 0.15) is 56.3 Å². The lowest BCUT2D eigenvalue weighted by molar-refractivity contribution is 0.0599. The van der Waals surface area contributed by atoms with Gasteiger partial charge >= 0.3 is 5.97 Å². The number of hydrogen-bond acceptors (Lipinski definition) is 5. The molecule has 1 unspecified atom stereocenters. The van der Waals surface area contributed by atoms with Gasteiger partial charge in [0.2, 0.25) is 5.75 Å². The fourth-order valence-corrected chi connectivity index (χ4v) is 2.07. The summed E-state index contributed by atoms with van der Waals surface area (Å²) in [6.07, 6.45) is 5.27. The first-order valence-corrected chi connectivity index (χ1v) is 7.30. The molecule has 0 aliphatic rings. The number of ether oxygens (including phenoxy) is 2. The van der Waals surface area contributed by atoms with Gasteiger partial charge in [-0.1, -0.05) is 26.2 Å². The number of aromatic hydroxyl groups is 2. The Kier molecular flexibility index (Phi) is 6.85. The van der Waals surface area contributed by atoms with Gasteiger partial charge in [0.05, 0.1) is 18.8 Å². The summed E-state index contributed by atoms with van der Waals surface area (Å²) in [6, 6.07) is 2.45. The number of esters is 1. The zero-order valence-electron chi connectivity index (χ0n) is 12.9. The maximum absolute atomic E-state index is 11.4. The molecule has 0 aromatic heterocycles. The minimum Gasteiger partial charge on any atom is -0.504 e. The van der Waals surface area contributed by atoms with E-state index >= 15 is 0 Å². The van der Waals surface area contributed by atoms with Crippen molar-refractivity contribution in [1.82, 2.24) is 0 Å². The molecule has 0 aliphatic heterocycles. The van der Waals surface area contributed by atoms with Crippen LogP contribution in [0.15, 0.2) is 12.1 Å². The fourth-order valence-electron chi connectivity index (χ4n) is 2.07. The van der Waals surface area contributed by atoms with Gasteiger partial charge in [-0.3, -0.25) is 0 Å². The number of carbonyl (C=O) groups is 1. The number of unbranched alkanes of at least 4 members (excludes halogenated alkanes) is 3. The Morgan fingerprint density at radius 1 is 1.19 bits per heavy atom. The van der Waals surface area contributed by atoms with Crippen LogP contribution in [0.2, 0.25) is 0 Å². The maximum Gasteiger partial charge on any atom is 0.338 e.